The van der Waals surface area contributed by atoms with Crippen molar-refractivity contribution in [3.63, 3.8) is 0 Å². The summed E-state index contributed by atoms with van der Waals surface area (Å²) >= 11 is 2.33. The van der Waals surface area contributed by atoms with Gasteiger partial charge in [-0.15, -0.1) is 11.8 Å². The molecule has 1 saturated carbocycles. The Morgan fingerprint density at radius 3 is 3.00 bits per heavy atom. The lowest BCUT2D eigenvalue weighted by molar-refractivity contribution is -0.382. The Hall–Kier alpha value is -1.08. The largest absolute Gasteiger partial charge is 0.352 e. The van der Waals surface area contributed by atoms with Crippen molar-refractivity contribution in [2.24, 2.45) is 5.92 Å². The van der Waals surface area contributed by atoms with E-state index in [4.69, 9.17) is 0 Å². The summed E-state index contributed by atoms with van der Waals surface area (Å²) in [6, 6.07) is 1.96. The smallest absolute Gasteiger partial charge is 0.337 e. The van der Waals surface area contributed by atoms with Crippen molar-refractivity contribution in [1.29, 1.82) is 0 Å². The minimum absolute atomic E-state index is 0.0331. The van der Waals surface area contributed by atoms with E-state index in [1.54, 1.807) is 11.4 Å². The Balaban J connectivity index is 1.83. The SMILES string of the molecule is C[C@@H]1CCCC[C@H]1NC(=O)CSc1ccsc1[N+](=O)[O-]. The Morgan fingerprint density at radius 1 is 1.55 bits per heavy atom. The van der Waals surface area contributed by atoms with Crippen LogP contribution in [-0.2, 0) is 4.79 Å². The zero-order valence-electron chi connectivity index (χ0n) is 11.3. The summed E-state index contributed by atoms with van der Waals surface area (Å²) in [6.07, 6.45) is 4.60. The summed E-state index contributed by atoms with van der Waals surface area (Å²) < 4.78 is 0. The topological polar surface area (TPSA) is 72.2 Å². The molecule has 0 saturated heterocycles. The minimum Gasteiger partial charge on any atom is -0.352 e. The van der Waals surface area contributed by atoms with Gasteiger partial charge in [-0.2, -0.15) is 0 Å². The maximum absolute atomic E-state index is 11.9. The molecule has 2 atom stereocenters. The van der Waals surface area contributed by atoms with E-state index in [1.165, 1.54) is 24.6 Å². The fourth-order valence-electron chi connectivity index (χ4n) is 2.45. The average Bonchev–Trinajstić information content (AvgIpc) is 2.88. The summed E-state index contributed by atoms with van der Waals surface area (Å²) in [5, 5.41) is 15.6. The number of amides is 1. The Labute approximate surface area is 126 Å². The molecular weight excluding hydrogens is 296 g/mol. The van der Waals surface area contributed by atoms with E-state index in [0.29, 0.717) is 10.8 Å². The number of carbonyl (C=O) groups is 1. The molecule has 1 aliphatic carbocycles. The standard InChI is InChI=1S/C13H18N2O3S2/c1-9-4-2-3-5-10(9)14-12(16)8-20-11-6-7-19-13(11)15(17)18/h6-7,9-10H,2-5,8H2,1H3,(H,14,16)/t9-,10-/m1/s1. The Morgan fingerprint density at radius 2 is 2.30 bits per heavy atom. The molecule has 1 N–H and O–H groups in total. The molecule has 1 fully saturated rings. The molecule has 1 aliphatic rings. The van der Waals surface area contributed by atoms with Crippen molar-refractivity contribution in [2.75, 3.05) is 5.75 Å². The van der Waals surface area contributed by atoms with E-state index in [0.717, 1.165) is 24.2 Å². The minimum atomic E-state index is -0.395. The van der Waals surface area contributed by atoms with Gasteiger partial charge in [-0.1, -0.05) is 31.1 Å². The van der Waals surface area contributed by atoms with Crippen LogP contribution in [0.2, 0.25) is 0 Å². The number of rotatable bonds is 5. The monoisotopic (exact) mass is 314 g/mol. The van der Waals surface area contributed by atoms with Crippen LogP contribution in [0, 0.1) is 16.0 Å². The number of nitrogens with one attached hydrogen (secondary N) is 1. The van der Waals surface area contributed by atoms with Gasteiger partial charge in [-0.05, 0) is 30.2 Å². The van der Waals surface area contributed by atoms with Crippen molar-refractivity contribution in [1.82, 2.24) is 5.32 Å². The van der Waals surface area contributed by atoms with Gasteiger partial charge in [0.2, 0.25) is 5.91 Å². The lowest BCUT2D eigenvalue weighted by Crippen LogP contribution is -2.41. The van der Waals surface area contributed by atoms with Crippen LogP contribution in [0.25, 0.3) is 0 Å². The molecule has 1 aromatic rings. The fraction of sp³-hybridized carbons (Fsp3) is 0.615. The predicted molar refractivity (Wildman–Crippen MR) is 81.3 cm³/mol. The lowest BCUT2D eigenvalue weighted by Gasteiger charge is -2.29. The van der Waals surface area contributed by atoms with E-state index in [-0.39, 0.29) is 22.7 Å². The van der Waals surface area contributed by atoms with Crippen LogP contribution in [0.4, 0.5) is 5.00 Å². The highest BCUT2D eigenvalue weighted by molar-refractivity contribution is 8.00. The number of nitrogens with zero attached hydrogens (tertiary/aromatic N) is 1. The normalized spacial score (nSPS) is 22.4. The van der Waals surface area contributed by atoms with Crippen LogP contribution in [0.5, 0.6) is 0 Å². The van der Waals surface area contributed by atoms with Gasteiger partial charge in [0.1, 0.15) is 0 Å². The molecule has 0 unspecified atom stereocenters. The first kappa shape index (κ1) is 15.3. The summed E-state index contributed by atoms with van der Waals surface area (Å²) in [7, 11) is 0. The van der Waals surface area contributed by atoms with Crippen LogP contribution < -0.4 is 5.32 Å². The molecule has 7 heteroatoms. The molecule has 1 amide bonds. The highest BCUT2D eigenvalue weighted by atomic mass is 32.2. The first-order valence-electron chi connectivity index (χ1n) is 6.72. The molecule has 0 radical (unpaired) electrons. The summed E-state index contributed by atoms with van der Waals surface area (Å²) in [5.41, 5.74) is 0. The molecule has 20 heavy (non-hydrogen) atoms. The highest BCUT2D eigenvalue weighted by Crippen LogP contribution is 2.34. The Kier molecular flexibility index (Phi) is 5.42. The maximum Gasteiger partial charge on any atom is 0.337 e. The fourth-order valence-corrected chi connectivity index (χ4v) is 4.20. The predicted octanol–water partition coefficient (Wildman–Crippen LogP) is 3.44. The number of carbonyl (C=O) groups excluding carboxylic acids is 1. The van der Waals surface area contributed by atoms with Crippen molar-refractivity contribution in [3.05, 3.63) is 21.6 Å². The third kappa shape index (κ3) is 3.96. The van der Waals surface area contributed by atoms with Crippen molar-refractivity contribution >= 4 is 34.0 Å². The van der Waals surface area contributed by atoms with Gasteiger partial charge in [-0.3, -0.25) is 14.9 Å². The second kappa shape index (κ2) is 7.08. The Bertz CT molecular complexity index is 490. The molecular formula is C13H18N2O3S2. The molecule has 110 valence electrons. The molecule has 0 aromatic carbocycles. The first-order valence-corrected chi connectivity index (χ1v) is 8.58. The third-order valence-electron chi connectivity index (χ3n) is 3.59. The van der Waals surface area contributed by atoms with Gasteiger partial charge in [0, 0.05) is 6.04 Å². The second-order valence-electron chi connectivity index (χ2n) is 5.07. The maximum atomic E-state index is 11.9. The third-order valence-corrected chi connectivity index (χ3v) is 5.63. The van der Waals surface area contributed by atoms with Gasteiger partial charge in [0.25, 0.3) is 0 Å². The molecule has 5 nitrogen and oxygen atoms in total. The number of nitro groups is 1. The highest BCUT2D eigenvalue weighted by Gasteiger charge is 2.23. The zero-order chi connectivity index (χ0) is 14.5. The van der Waals surface area contributed by atoms with Crippen LogP contribution in [-0.4, -0.2) is 22.6 Å². The van der Waals surface area contributed by atoms with Gasteiger partial charge in [0.15, 0.2) is 0 Å². The van der Waals surface area contributed by atoms with E-state index in [1.807, 2.05) is 0 Å². The zero-order valence-corrected chi connectivity index (χ0v) is 13.0. The van der Waals surface area contributed by atoms with Gasteiger partial charge >= 0.3 is 5.00 Å². The summed E-state index contributed by atoms with van der Waals surface area (Å²) in [4.78, 5) is 22.9. The van der Waals surface area contributed by atoms with E-state index in [9.17, 15) is 14.9 Å². The number of hydrogen-bond acceptors (Lipinski definition) is 5. The van der Waals surface area contributed by atoms with Gasteiger partial charge in [-0.25, -0.2) is 0 Å². The van der Waals surface area contributed by atoms with Crippen LogP contribution >= 0.6 is 23.1 Å². The summed E-state index contributed by atoms with van der Waals surface area (Å²) in [5.74, 6) is 0.725. The first-order chi connectivity index (χ1) is 9.58. The van der Waals surface area contributed by atoms with Gasteiger partial charge < -0.3 is 5.32 Å². The van der Waals surface area contributed by atoms with Crippen LogP contribution in [0.1, 0.15) is 32.6 Å². The molecule has 2 rings (SSSR count). The van der Waals surface area contributed by atoms with E-state index < -0.39 is 4.92 Å². The van der Waals surface area contributed by atoms with Crippen molar-refractivity contribution < 1.29 is 9.72 Å². The molecule has 1 aromatic heterocycles. The summed E-state index contributed by atoms with van der Waals surface area (Å²) in [6.45, 7) is 2.17. The van der Waals surface area contributed by atoms with E-state index in [2.05, 4.69) is 12.2 Å². The number of thioether (sulfide) groups is 1. The van der Waals surface area contributed by atoms with Gasteiger partial charge in [0.05, 0.1) is 15.6 Å². The number of hydrogen-bond donors (Lipinski definition) is 1. The number of thiophene rings is 1. The van der Waals surface area contributed by atoms with Crippen LogP contribution in [0.15, 0.2) is 16.3 Å². The molecule has 1 heterocycles. The van der Waals surface area contributed by atoms with Crippen molar-refractivity contribution in [2.45, 2.75) is 43.5 Å². The molecule has 0 aliphatic heterocycles. The molecule has 0 spiro atoms. The molecule has 0 bridgehead atoms. The lowest BCUT2D eigenvalue weighted by atomic mass is 9.86. The quantitative estimate of drug-likeness (QED) is 0.513. The second-order valence-corrected chi connectivity index (χ2v) is 6.98. The van der Waals surface area contributed by atoms with Crippen molar-refractivity contribution in [3.8, 4) is 0 Å². The van der Waals surface area contributed by atoms with Crippen LogP contribution in [0.3, 0.4) is 0 Å². The van der Waals surface area contributed by atoms with E-state index >= 15 is 0 Å². The average molecular weight is 314 g/mol.